The molecule has 1 heterocycles. The molecule has 0 saturated heterocycles. The van der Waals surface area contributed by atoms with Crippen LogP contribution >= 0.6 is 12.4 Å². The Labute approximate surface area is 96.4 Å². The summed E-state index contributed by atoms with van der Waals surface area (Å²) in [6.45, 7) is 2.18. The van der Waals surface area contributed by atoms with Crippen LogP contribution in [-0.2, 0) is 7.05 Å². The molecule has 2 aromatic rings. The van der Waals surface area contributed by atoms with Crippen LogP contribution in [-0.4, -0.2) is 9.55 Å². The van der Waals surface area contributed by atoms with Crippen LogP contribution < -0.4 is 0 Å². The summed E-state index contributed by atoms with van der Waals surface area (Å²) in [6.07, 6.45) is 3.82. The Morgan fingerprint density at radius 2 is 1.87 bits per heavy atom. The molecule has 0 N–H and O–H groups in total. The van der Waals surface area contributed by atoms with Gasteiger partial charge in [-0.05, 0) is 5.56 Å². The smallest absolute Gasteiger partial charge is 0.115 e. The molecule has 2 nitrogen and oxygen atoms in total. The summed E-state index contributed by atoms with van der Waals surface area (Å²) < 4.78 is 2.07. The Morgan fingerprint density at radius 1 is 1.20 bits per heavy atom. The number of benzene rings is 1. The molecule has 1 aromatic heterocycles. The maximum absolute atomic E-state index is 4.36. The summed E-state index contributed by atoms with van der Waals surface area (Å²) in [5, 5.41) is 0. The number of hydrogen-bond acceptors (Lipinski definition) is 1. The van der Waals surface area contributed by atoms with Crippen molar-refractivity contribution in [1.29, 1.82) is 0 Å². The van der Waals surface area contributed by atoms with Crippen LogP contribution in [0.1, 0.15) is 24.2 Å². The first-order valence-electron chi connectivity index (χ1n) is 4.81. The van der Waals surface area contributed by atoms with E-state index in [-0.39, 0.29) is 12.4 Å². The third-order valence-electron chi connectivity index (χ3n) is 2.55. The maximum Gasteiger partial charge on any atom is 0.115 e. The Morgan fingerprint density at radius 3 is 2.40 bits per heavy atom. The number of rotatable bonds is 2. The molecular weight excluding hydrogens is 208 g/mol. The largest absolute Gasteiger partial charge is 0.338 e. The van der Waals surface area contributed by atoms with Gasteiger partial charge in [0.1, 0.15) is 5.82 Å². The van der Waals surface area contributed by atoms with Crippen molar-refractivity contribution in [3.8, 4) is 0 Å². The average Bonchev–Trinajstić information content (AvgIpc) is 2.65. The molecule has 0 spiro atoms. The van der Waals surface area contributed by atoms with E-state index < -0.39 is 0 Å². The number of hydrogen-bond donors (Lipinski definition) is 0. The second-order valence-electron chi connectivity index (χ2n) is 3.53. The quantitative estimate of drug-likeness (QED) is 0.764. The van der Waals surface area contributed by atoms with Gasteiger partial charge in [-0.3, -0.25) is 0 Å². The van der Waals surface area contributed by atoms with E-state index in [1.807, 2.05) is 25.5 Å². The van der Waals surface area contributed by atoms with E-state index in [0.29, 0.717) is 5.92 Å². The fraction of sp³-hybridized carbons (Fsp3) is 0.250. The van der Waals surface area contributed by atoms with Gasteiger partial charge in [-0.15, -0.1) is 12.4 Å². The maximum atomic E-state index is 4.36. The van der Waals surface area contributed by atoms with E-state index >= 15 is 0 Å². The van der Waals surface area contributed by atoms with Gasteiger partial charge in [-0.25, -0.2) is 4.98 Å². The molecule has 0 radical (unpaired) electrons. The number of imidazole rings is 1. The van der Waals surface area contributed by atoms with Crippen LogP contribution in [0.2, 0.25) is 0 Å². The molecule has 80 valence electrons. The molecule has 1 aromatic carbocycles. The van der Waals surface area contributed by atoms with E-state index in [1.54, 1.807) is 0 Å². The molecule has 1 unspecified atom stereocenters. The second kappa shape index (κ2) is 4.99. The van der Waals surface area contributed by atoms with E-state index in [9.17, 15) is 0 Å². The average molecular weight is 223 g/mol. The summed E-state index contributed by atoms with van der Waals surface area (Å²) in [4.78, 5) is 4.36. The normalized spacial score (nSPS) is 11.9. The minimum Gasteiger partial charge on any atom is -0.338 e. The topological polar surface area (TPSA) is 17.8 Å². The van der Waals surface area contributed by atoms with E-state index in [2.05, 4.69) is 40.7 Å². The Kier molecular flexibility index (Phi) is 3.92. The molecule has 3 heteroatoms. The molecule has 0 aliphatic heterocycles. The lowest BCUT2D eigenvalue weighted by atomic mass is 10.0. The molecule has 2 rings (SSSR count). The molecule has 1 atom stereocenters. The number of nitrogens with zero attached hydrogens (tertiary/aromatic N) is 2. The minimum absolute atomic E-state index is 0. The van der Waals surface area contributed by atoms with Crippen molar-refractivity contribution in [3.05, 3.63) is 54.1 Å². The van der Waals surface area contributed by atoms with Gasteiger partial charge < -0.3 is 4.57 Å². The van der Waals surface area contributed by atoms with E-state index in [0.717, 1.165) is 5.82 Å². The van der Waals surface area contributed by atoms with Gasteiger partial charge >= 0.3 is 0 Å². The Balaban J connectivity index is 0.00000112. The third-order valence-corrected chi connectivity index (χ3v) is 2.55. The summed E-state index contributed by atoms with van der Waals surface area (Å²) in [5.74, 6) is 1.47. The molecule has 0 fully saturated rings. The second-order valence-corrected chi connectivity index (χ2v) is 3.53. The van der Waals surface area contributed by atoms with Gasteiger partial charge in [0.2, 0.25) is 0 Å². The molecule has 15 heavy (non-hydrogen) atoms. The fourth-order valence-corrected chi connectivity index (χ4v) is 1.69. The van der Waals surface area contributed by atoms with Gasteiger partial charge in [0.05, 0.1) is 0 Å². The lowest BCUT2D eigenvalue weighted by molar-refractivity contribution is 0.739. The van der Waals surface area contributed by atoms with Crippen molar-refractivity contribution in [2.24, 2.45) is 7.05 Å². The fourth-order valence-electron chi connectivity index (χ4n) is 1.69. The third kappa shape index (κ3) is 2.39. The molecule has 0 saturated carbocycles. The Hall–Kier alpha value is -1.28. The van der Waals surface area contributed by atoms with Gasteiger partial charge in [0.25, 0.3) is 0 Å². The van der Waals surface area contributed by atoms with E-state index in [1.165, 1.54) is 5.56 Å². The lowest BCUT2D eigenvalue weighted by Crippen LogP contribution is -2.03. The van der Waals surface area contributed by atoms with Crippen LogP contribution in [0.15, 0.2) is 42.7 Å². The van der Waals surface area contributed by atoms with Gasteiger partial charge in [0, 0.05) is 25.4 Å². The summed E-state index contributed by atoms with van der Waals surface area (Å²) >= 11 is 0. The number of halogens is 1. The van der Waals surface area contributed by atoms with Crippen molar-refractivity contribution < 1.29 is 0 Å². The van der Waals surface area contributed by atoms with Crippen molar-refractivity contribution in [2.45, 2.75) is 12.8 Å². The number of aryl methyl sites for hydroxylation is 1. The van der Waals surface area contributed by atoms with Crippen molar-refractivity contribution >= 4 is 12.4 Å². The van der Waals surface area contributed by atoms with Crippen LogP contribution in [0.3, 0.4) is 0 Å². The molecule has 0 aliphatic carbocycles. The van der Waals surface area contributed by atoms with Crippen molar-refractivity contribution in [3.63, 3.8) is 0 Å². The van der Waals surface area contributed by atoms with Crippen LogP contribution in [0, 0.1) is 0 Å². The lowest BCUT2D eigenvalue weighted by Gasteiger charge is -2.11. The predicted molar refractivity (Wildman–Crippen MR) is 64.4 cm³/mol. The zero-order chi connectivity index (χ0) is 9.97. The highest BCUT2D eigenvalue weighted by atomic mass is 35.5. The molecular formula is C12H15ClN2. The summed E-state index contributed by atoms with van der Waals surface area (Å²) in [5.41, 5.74) is 1.31. The highest BCUT2D eigenvalue weighted by Crippen LogP contribution is 2.21. The highest BCUT2D eigenvalue weighted by Gasteiger charge is 2.11. The highest BCUT2D eigenvalue weighted by molar-refractivity contribution is 5.85. The summed E-state index contributed by atoms with van der Waals surface area (Å²) in [7, 11) is 2.03. The molecule has 0 amide bonds. The summed E-state index contributed by atoms with van der Waals surface area (Å²) in [6, 6.07) is 10.4. The first kappa shape index (κ1) is 11.8. The Bertz CT molecular complexity index is 409. The van der Waals surface area contributed by atoms with Crippen molar-refractivity contribution in [1.82, 2.24) is 9.55 Å². The number of aromatic nitrogens is 2. The first-order chi connectivity index (χ1) is 6.79. The van der Waals surface area contributed by atoms with E-state index in [4.69, 9.17) is 0 Å². The first-order valence-corrected chi connectivity index (χ1v) is 4.81. The van der Waals surface area contributed by atoms with Gasteiger partial charge in [0.15, 0.2) is 0 Å². The minimum atomic E-state index is 0. The predicted octanol–water partition coefficient (Wildman–Crippen LogP) is 2.99. The van der Waals surface area contributed by atoms with Crippen LogP contribution in [0.5, 0.6) is 0 Å². The van der Waals surface area contributed by atoms with Crippen LogP contribution in [0.25, 0.3) is 0 Å². The zero-order valence-corrected chi connectivity index (χ0v) is 9.74. The SMILES string of the molecule is CC(c1ccccc1)c1nccn1C.Cl. The van der Waals surface area contributed by atoms with Crippen LogP contribution in [0.4, 0.5) is 0 Å². The monoisotopic (exact) mass is 222 g/mol. The molecule has 0 aliphatic rings. The standard InChI is InChI=1S/C12H14N2.ClH/c1-10(11-6-4-3-5-7-11)12-13-8-9-14(12)2;/h3-10H,1-2H3;1H. The zero-order valence-electron chi connectivity index (χ0n) is 8.92. The molecule has 0 bridgehead atoms. The van der Waals surface area contributed by atoms with Gasteiger partial charge in [-0.2, -0.15) is 0 Å². The van der Waals surface area contributed by atoms with Crippen molar-refractivity contribution in [2.75, 3.05) is 0 Å². The van der Waals surface area contributed by atoms with Gasteiger partial charge in [-0.1, -0.05) is 37.3 Å².